The summed E-state index contributed by atoms with van der Waals surface area (Å²) in [4.78, 5) is 12.9. The molecule has 0 aliphatic heterocycles. The molecule has 4 nitrogen and oxygen atoms in total. The number of ether oxygens (including phenoxy) is 2. The number of carbonyl (C=O) groups excluding carboxylic acids is 1. The highest BCUT2D eigenvalue weighted by Crippen LogP contribution is 2.26. The summed E-state index contributed by atoms with van der Waals surface area (Å²) in [5.74, 6) is 1.51. The van der Waals surface area contributed by atoms with E-state index in [4.69, 9.17) is 9.47 Å². The number of ketones is 1. The van der Waals surface area contributed by atoms with Gasteiger partial charge in [-0.3, -0.25) is 4.79 Å². The molecule has 32 heavy (non-hydrogen) atoms. The van der Waals surface area contributed by atoms with E-state index in [1.165, 1.54) is 0 Å². The van der Waals surface area contributed by atoms with Crippen molar-refractivity contribution in [1.82, 2.24) is 4.57 Å². The molecule has 158 valence electrons. The largest absolute Gasteiger partial charge is 0.491 e. The van der Waals surface area contributed by atoms with E-state index >= 15 is 0 Å². The Morgan fingerprint density at radius 1 is 0.719 bits per heavy atom. The zero-order chi connectivity index (χ0) is 21.8. The predicted molar refractivity (Wildman–Crippen MR) is 128 cm³/mol. The summed E-state index contributed by atoms with van der Waals surface area (Å²) in [6, 6.07) is 31.6. The summed E-state index contributed by atoms with van der Waals surface area (Å²) in [6.45, 7) is 1.14. The Morgan fingerprint density at radius 2 is 1.44 bits per heavy atom. The van der Waals surface area contributed by atoms with E-state index in [2.05, 4.69) is 22.8 Å². The Hall–Kier alpha value is -4.05. The Morgan fingerprint density at radius 3 is 2.31 bits per heavy atom. The fourth-order valence-electron chi connectivity index (χ4n) is 3.97. The minimum atomic E-state index is -0.0428. The lowest BCUT2D eigenvalue weighted by Crippen LogP contribution is -2.11. The first-order valence-electron chi connectivity index (χ1n) is 10.7. The molecule has 4 aromatic carbocycles. The molecule has 0 spiro atoms. The highest BCUT2D eigenvalue weighted by atomic mass is 16.5. The van der Waals surface area contributed by atoms with Crippen molar-refractivity contribution < 1.29 is 14.3 Å². The number of nitrogens with zero attached hydrogens (tertiary/aromatic N) is 1. The van der Waals surface area contributed by atoms with E-state index in [0.717, 1.165) is 27.4 Å². The predicted octanol–water partition coefficient (Wildman–Crippen LogP) is 6.14. The molecule has 4 heteroatoms. The molecule has 0 aliphatic carbocycles. The van der Waals surface area contributed by atoms with Crippen LogP contribution in [0.2, 0.25) is 0 Å². The number of rotatable bonds is 8. The van der Waals surface area contributed by atoms with Crippen molar-refractivity contribution >= 4 is 27.5 Å². The molecule has 0 N–H and O–H groups in total. The van der Waals surface area contributed by atoms with Gasteiger partial charge in [-0.15, -0.1) is 0 Å². The maximum atomic E-state index is 12.9. The van der Waals surface area contributed by atoms with E-state index in [1.54, 1.807) is 0 Å². The Labute approximate surface area is 186 Å². The van der Waals surface area contributed by atoms with Crippen LogP contribution in [0, 0.1) is 0 Å². The lowest BCUT2D eigenvalue weighted by Gasteiger charge is -2.10. The van der Waals surface area contributed by atoms with Gasteiger partial charge in [-0.05, 0) is 29.7 Å². The van der Waals surface area contributed by atoms with Crippen LogP contribution in [0.1, 0.15) is 10.4 Å². The zero-order valence-corrected chi connectivity index (χ0v) is 17.6. The van der Waals surface area contributed by atoms with Crippen LogP contribution in [-0.4, -0.2) is 23.6 Å². The minimum Gasteiger partial charge on any atom is -0.491 e. The van der Waals surface area contributed by atoms with Gasteiger partial charge in [0, 0.05) is 28.0 Å². The van der Waals surface area contributed by atoms with Gasteiger partial charge in [-0.2, -0.15) is 0 Å². The third kappa shape index (κ3) is 4.08. The molecule has 0 saturated carbocycles. The number of para-hydroxylation sites is 2. The molecule has 0 bridgehead atoms. The molecular weight excluding hydrogens is 398 g/mol. The molecule has 0 fully saturated rings. The average Bonchev–Trinajstić information content (AvgIpc) is 3.22. The van der Waals surface area contributed by atoms with Gasteiger partial charge in [0.15, 0.2) is 6.61 Å². The van der Waals surface area contributed by atoms with Crippen LogP contribution in [-0.2, 0) is 6.54 Å². The summed E-state index contributed by atoms with van der Waals surface area (Å²) in [5, 5.41) is 3.18. The SMILES string of the molecule is O=C(COc1ccccc1)c1cn(CCOc2cccc3ccccc23)c2ccccc12. The Bertz CT molecular complexity index is 1370. The number of hydrogen-bond acceptors (Lipinski definition) is 3. The van der Waals surface area contributed by atoms with E-state index in [1.807, 2.05) is 85.1 Å². The van der Waals surface area contributed by atoms with Gasteiger partial charge in [0.2, 0.25) is 5.78 Å². The summed E-state index contributed by atoms with van der Waals surface area (Å²) in [5.41, 5.74) is 1.68. The Kier molecular flexibility index (Phi) is 5.58. The van der Waals surface area contributed by atoms with Gasteiger partial charge >= 0.3 is 0 Å². The van der Waals surface area contributed by atoms with Crippen molar-refractivity contribution in [3.63, 3.8) is 0 Å². The van der Waals surface area contributed by atoms with Crippen LogP contribution >= 0.6 is 0 Å². The molecule has 0 saturated heterocycles. The van der Waals surface area contributed by atoms with Gasteiger partial charge in [0.25, 0.3) is 0 Å². The second-order valence-electron chi connectivity index (χ2n) is 7.60. The molecule has 0 radical (unpaired) electrons. The van der Waals surface area contributed by atoms with E-state index < -0.39 is 0 Å². The first-order valence-corrected chi connectivity index (χ1v) is 10.7. The maximum absolute atomic E-state index is 12.9. The highest BCUT2D eigenvalue weighted by Gasteiger charge is 2.15. The maximum Gasteiger partial charge on any atom is 0.202 e. The van der Waals surface area contributed by atoms with Gasteiger partial charge < -0.3 is 14.0 Å². The lowest BCUT2D eigenvalue weighted by molar-refractivity contribution is 0.0923. The van der Waals surface area contributed by atoms with Gasteiger partial charge in [0.05, 0.1) is 6.54 Å². The molecule has 0 amide bonds. The quantitative estimate of drug-likeness (QED) is 0.283. The van der Waals surface area contributed by atoms with Crippen molar-refractivity contribution in [2.24, 2.45) is 0 Å². The molecule has 1 aromatic heterocycles. The van der Waals surface area contributed by atoms with Crippen molar-refractivity contribution in [2.75, 3.05) is 13.2 Å². The van der Waals surface area contributed by atoms with Crippen LogP contribution in [0.4, 0.5) is 0 Å². The molecule has 0 atom stereocenters. The topological polar surface area (TPSA) is 40.5 Å². The summed E-state index contributed by atoms with van der Waals surface area (Å²) >= 11 is 0. The summed E-state index contributed by atoms with van der Waals surface area (Å²) in [6.07, 6.45) is 1.91. The second kappa shape index (κ2) is 8.98. The number of aromatic nitrogens is 1. The first kappa shape index (κ1) is 19.9. The summed E-state index contributed by atoms with van der Waals surface area (Å²) in [7, 11) is 0. The van der Waals surface area contributed by atoms with Gasteiger partial charge in [0.1, 0.15) is 18.1 Å². The van der Waals surface area contributed by atoms with Gasteiger partial charge in [-0.1, -0.05) is 72.8 Å². The highest BCUT2D eigenvalue weighted by molar-refractivity contribution is 6.08. The standard InChI is InChI=1S/C28H23NO3/c30-27(20-32-22-11-2-1-3-12-22)25-19-29(26-15-7-6-14-24(25)26)17-18-31-28-16-8-10-21-9-4-5-13-23(21)28/h1-16,19H,17-18,20H2. The second-order valence-corrected chi connectivity index (χ2v) is 7.60. The van der Waals surface area contributed by atoms with Crippen LogP contribution in [0.25, 0.3) is 21.7 Å². The number of fused-ring (bicyclic) bond motifs is 2. The number of hydrogen-bond donors (Lipinski definition) is 0. The fourth-order valence-corrected chi connectivity index (χ4v) is 3.97. The number of benzene rings is 4. The van der Waals surface area contributed by atoms with Crippen LogP contribution < -0.4 is 9.47 Å². The molecule has 5 aromatic rings. The first-order chi connectivity index (χ1) is 15.8. The van der Waals surface area contributed by atoms with Crippen LogP contribution in [0.15, 0.2) is 103 Å². The minimum absolute atomic E-state index is 0.00449. The molecule has 5 rings (SSSR count). The monoisotopic (exact) mass is 421 g/mol. The van der Waals surface area contributed by atoms with Crippen LogP contribution in [0.5, 0.6) is 11.5 Å². The fraction of sp³-hybridized carbons (Fsp3) is 0.107. The number of Topliss-reactive ketones (excluding diaryl/α,β-unsaturated/α-hetero) is 1. The molecule has 0 aliphatic rings. The molecular formula is C28H23NO3. The zero-order valence-electron chi connectivity index (χ0n) is 17.6. The number of carbonyl (C=O) groups is 1. The van der Waals surface area contributed by atoms with Crippen molar-refractivity contribution in [3.05, 3.63) is 109 Å². The lowest BCUT2D eigenvalue weighted by atomic mass is 10.1. The normalized spacial score (nSPS) is 11.0. The van der Waals surface area contributed by atoms with Crippen LogP contribution in [0.3, 0.4) is 0 Å². The molecule has 0 unspecified atom stereocenters. The van der Waals surface area contributed by atoms with Crippen molar-refractivity contribution in [1.29, 1.82) is 0 Å². The molecule has 1 heterocycles. The Balaban J connectivity index is 1.32. The van der Waals surface area contributed by atoms with Crippen molar-refractivity contribution in [2.45, 2.75) is 6.54 Å². The van der Waals surface area contributed by atoms with E-state index in [0.29, 0.717) is 24.5 Å². The van der Waals surface area contributed by atoms with Gasteiger partial charge in [-0.25, -0.2) is 0 Å². The van der Waals surface area contributed by atoms with Crippen molar-refractivity contribution in [3.8, 4) is 11.5 Å². The van der Waals surface area contributed by atoms with E-state index in [9.17, 15) is 4.79 Å². The average molecular weight is 421 g/mol. The summed E-state index contributed by atoms with van der Waals surface area (Å²) < 4.78 is 13.9. The third-order valence-corrected chi connectivity index (χ3v) is 5.54. The smallest absolute Gasteiger partial charge is 0.202 e. The van der Waals surface area contributed by atoms with E-state index in [-0.39, 0.29) is 12.4 Å². The third-order valence-electron chi connectivity index (χ3n) is 5.54.